The summed E-state index contributed by atoms with van der Waals surface area (Å²) in [4.78, 5) is 11.3. The van der Waals surface area contributed by atoms with Crippen LogP contribution in [0.15, 0.2) is 0 Å². The lowest BCUT2D eigenvalue weighted by Gasteiger charge is -2.32. The van der Waals surface area contributed by atoms with E-state index in [0.717, 1.165) is 13.1 Å². The molecule has 1 saturated heterocycles. The third-order valence-electron chi connectivity index (χ3n) is 2.78. The van der Waals surface area contributed by atoms with E-state index in [4.69, 9.17) is 0 Å². The summed E-state index contributed by atoms with van der Waals surface area (Å²) in [6.07, 6.45) is 0.588. The molecule has 0 aromatic rings. The molecule has 70 valence electrons. The summed E-state index contributed by atoms with van der Waals surface area (Å²) in [5.41, 5.74) is -0.0272. The van der Waals surface area contributed by atoms with Crippen LogP contribution in [0, 0.1) is 5.92 Å². The minimum absolute atomic E-state index is 0.0272. The van der Waals surface area contributed by atoms with Gasteiger partial charge in [0.05, 0.1) is 0 Å². The van der Waals surface area contributed by atoms with Gasteiger partial charge >= 0.3 is 0 Å². The van der Waals surface area contributed by atoms with Gasteiger partial charge in [0.2, 0.25) is 5.91 Å². The van der Waals surface area contributed by atoms with E-state index in [9.17, 15) is 4.79 Å². The molecule has 0 spiro atoms. The second-order valence-electron chi connectivity index (χ2n) is 4.03. The molecule has 0 radical (unpaired) electrons. The van der Waals surface area contributed by atoms with E-state index in [1.165, 1.54) is 0 Å². The lowest BCUT2D eigenvalue weighted by molar-refractivity contribution is -0.122. The largest absolute Gasteiger partial charge is 0.355 e. The van der Waals surface area contributed by atoms with E-state index in [-0.39, 0.29) is 11.4 Å². The van der Waals surface area contributed by atoms with Crippen LogP contribution in [0.2, 0.25) is 0 Å². The predicted molar refractivity (Wildman–Crippen MR) is 48.9 cm³/mol. The van der Waals surface area contributed by atoms with E-state index in [2.05, 4.69) is 31.4 Å². The predicted octanol–water partition coefficient (Wildman–Crippen LogP) is 0.511. The zero-order chi connectivity index (χ0) is 9.19. The summed E-state index contributed by atoms with van der Waals surface area (Å²) in [6, 6.07) is 0. The van der Waals surface area contributed by atoms with Gasteiger partial charge in [0.15, 0.2) is 0 Å². The van der Waals surface area contributed by atoms with Crippen LogP contribution in [0.3, 0.4) is 0 Å². The molecule has 0 aliphatic carbocycles. The van der Waals surface area contributed by atoms with Crippen molar-refractivity contribution in [2.24, 2.45) is 5.92 Å². The normalized spacial score (nSPS) is 31.5. The standard InChI is InChI=1S/C9H18N2O/c1-7(2)9(3)6-8(12)10-4-5-11-9/h7,11H,4-6H2,1-3H3,(H,10,12). The van der Waals surface area contributed by atoms with Crippen LogP contribution in [-0.4, -0.2) is 24.5 Å². The average molecular weight is 170 g/mol. The van der Waals surface area contributed by atoms with Gasteiger partial charge < -0.3 is 10.6 Å². The Morgan fingerprint density at radius 3 is 2.67 bits per heavy atom. The first kappa shape index (κ1) is 9.52. The van der Waals surface area contributed by atoms with Crippen molar-refractivity contribution in [1.82, 2.24) is 10.6 Å². The zero-order valence-electron chi connectivity index (χ0n) is 8.11. The summed E-state index contributed by atoms with van der Waals surface area (Å²) in [7, 11) is 0. The van der Waals surface area contributed by atoms with Gasteiger partial charge in [0.1, 0.15) is 0 Å². The lowest BCUT2D eigenvalue weighted by Crippen LogP contribution is -2.47. The molecular formula is C9H18N2O. The fourth-order valence-corrected chi connectivity index (χ4v) is 1.42. The molecule has 0 saturated carbocycles. The van der Waals surface area contributed by atoms with Gasteiger partial charge in [0, 0.05) is 25.0 Å². The highest BCUT2D eigenvalue weighted by Gasteiger charge is 2.31. The molecule has 0 aromatic heterocycles. The molecule has 3 heteroatoms. The van der Waals surface area contributed by atoms with Gasteiger partial charge in [-0.3, -0.25) is 4.79 Å². The Hall–Kier alpha value is -0.570. The van der Waals surface area contributed by atoms with Crippen molar-refractivity contribution in [3.8, 4) is 0 Å². The highest BCUT2D eigenvalue weighted by atomic mass is 16.1. The Kier molecular flexibility index (Phi) is 2.73. The molecule has 1 amide bonds. The molecule has 0 bridgehead atoms. The Balaban J connectivity index is 2.67. The number of amides is 1. The monoisotopic (exact) mass is 170 g/mol. The Bertz CT molecular complexity index is 179. The van der Waals surface area contributed by atoms with Gasteiger partial charge in [-0.2, -0.15) is 0 Å². The zero-order valence-corrected chi connectivity index (χ0v) is 8.11. The molecule has 1 aliphatic rings. The van der Waals surface area contributed by atoms with Crippen LogP contribution < -0.4 is 10.6 Å². The number of carbonyl (C=O) groups excluding carboxylic acids is 1. The van der Waals surface area contributed by atoms with Crippen molar-refractivity contribution in [2.75, 3.05) is 13.1 Å². The Morgan fingerprint density at radius 2 is 2.08 bits per heavy atom. The number of hydrogen-bond donors (Lipinski definition) is 2. The molecule has 1 fully saturated rings. The molecule has 1 heterocycles. The number of carbonyl (C=O) groups is 1. The van der Waals surface area contributed by atoms with Crippen molar-refractivity contribution in [2.45, 2.75) is 32.7 Å². The van der Waals surface area contributed by atoms with E-state index in [1.807, 2.05) is 0 Å². The summed E-state index contributed by atoms with van der Waals surface area (Å²) in [6.45, 7) is 8.03. The second kappa shape index (κ2) is 3.44. The topological polar surface area (TPSA) is 41.1 Å². The number of hydrogen-bond acceptors (Lipinski definition) is 2. The minimum atomic E-state index is -0.0272. The van der Waals surface area contributed by atoms with E-state index < -0.39 is 0 Å². The molecule has 3 nitrogen and oxygen atoms in total. The van der Waals surface area contributed by atoms with Gasteiger partial charge in [-0.05, 0) is 12.8 Å². The van der Waals surface area contributed by atoms with Crippen LogP contribution in [0.25, 0.3) is 0 Å². The van der Waals surface area contributed by atoms with Crippen molar-refractivity contribution in [1.29, 1.82) is 0 Å². The summed E-state index contributed by atoms with van der Waals surface area (Å²) < 4.78 is 0. The highest BCUT2D eigenvalue weighted by molar-refractivity contribution is 5.77. The maximum atomic E-state index is 11.3. The molecule has 1 atom stereocenters. The van der Waals surface area contributed by atoms with Crippen molar-refractivity contribution < 1.29 is 4.79 Å². The first-order chi connectivity index (χ1) is 5.54. The third kappa shape index (κ3) is 1.97. The molecule has 1 aliphatic heterocycles. The van der Waals surface area contributed by atoms with E-state index in [1.54, 1.807) is 0 Å². The van der Waals surface area contributed by atoms with E-state index >= 15 is 0 Å². The van der Waals surface area contributed by atoms with Crippen LogP contribution in [0.1, 0.15) is 27.2 Å². The van der Waals surface area contributed by atoms with Crippen LogP contribution in [0.5, 0.6) is 0 Å². The minimum Gasteiger partial charge on any atom is -0.355 e. The fraction of sp³-hybridized carbons (Fsp3) is 0.889. The maximum absolute atomic E-state index is 11.3. The average Bonchev–Trinajstić information content (AvgIpc) is 2.12. The van der Waals surface area contributed by atoms with Crippen molar-refractivity contribution in [3.05, 3.63) is 0 Å². The number of nitrogens with one attached hydrogen (secondary N) is 2. The first-order valence-corrected chi connectivity index (χ1v) is 4.56. The van der Waals surface area contributed by atoms with Gasteiger partial charge in [-0.25, -0.2) is 0 Å². The van der Waals surface area contributed by atoms with E-state index in [0.29, 0.717) is 12.3 Å². The fourth-order valence-electron chi connectivity index (χ4n) is 1.42. The third-order valence-corrected chi connectivity index (χ3v) is 2.78. The second-order valence-corrected chi connectivity index (χ2v) is 4.03. The Morgan fingerprint density at radius 1 is 1.42 bits per heavy atom. The first-order valence-electron chi connectivity index (χ1n) is 4.56. The lowest BCUT2D eigenvalue weighted by atomic mass is 9.85. The number of rotatable bonds is 1. The smallest absolute Gasteiger partial charge is 0.221 e. The summed E-state index contributed by atoms with van der Waals surface area (Å²) in [5, 5.41) is 6.26. The molecule has 1 unspecified atom stereocenters. The van der Waals surface area contributed by atoms with Crippen molar-refractivity contribution in [3.63, 3.8) is 0 Å². The quantitative estimate of drug-likeness (QED) is 0.602. The highest BCUT2D eigenvalue weighted by Crippen LogP contribution is 2.21. The SMILES string of the molecule is CC(C)C1(C)CC(=O)NCCN1. The van der Waals surface area contributed by atoms with Crippen LogP contribution >= 0.6 is 0 Å². The van der Waals surface area contributed by atoms with Gasteiger partial charge in [-0.1, -0.05) is 13.8 Å². The molecular weight excluding hydrogens is 152 g/mol. The maximum Gasteiger partial charge on any atom is 0.221 e. The molecule has 2 N–H and O–H groups in total. The van der Waals surface area contributed by atoms with Gasteiger partial charge in [0.25, 0.3) is 0 Å². The van der Waals surface area contributed by atoms with Crippen molar-refractivity contribution >= 4 is 5.91 Å². The summed E-state index contributed by atoms with van der Waals surface area (Å²) in [5.74, 6) is 0.651. The van der Waals surface area contributed by atoms with Crippen LogP contribution in [-0.2, 0) is 4.79 Å². The summed E-state index contributed by atoms with van der Waals surface area (Å²) >= 11 is 0. The molecule has 12 heavy (non-hydrogen) atoms. The van der Waals surface area contributed by atoms with Gasteiger partial charge in [-0.15, -0.1) is 0 Å². The van der Waals surface area contributed by atoms with Crippen LogP contribution in [0.4, 0.5) is 0 Å². The molecule has 1 rings (SSSR count). The molecule has 0 aromatic carbocycles. The Labute approximate surface area is 73.9 Å².